The minimum Gasteiger partial charge on any atom is -0.396 e. The molecule has 0 aliphatic carbocycles. The van der Waals surface area contributed by atoms with Gasteiger partial charge in [-0.2, -0.15) is 0 Å². The fourth-order valence-electron chi connectivity index (χ4n) is 3.09. The molecule has 2 rings (SSSR count). The fraction of sp³-hybridized carbons (Fsp3) is 0.733. The Balaban J connectivity index is 2.25. The Bertz CT molecular complexity index is 424. The van der Waals surface area contributed by atoms with E-state index in [0.717, 1.165) is 43.9 Å². The molecule has 1 aliphatic rings. The molecule has 1 atom stereocenters. The lowest BCUT2D eigenvalue weighted by Gasteiger charge is -2.28. The molecule has 1 aliphatic heterocycles. The van der Waals surface area contributed by atoms with Crippen molar-refractivity contribution in [3.8, 4) is 0 Å². The summed E-state index contributed by atoms with van der Waals surface area (Å²) in [5.74, 6) is 2.04. The van der Waals surface area contributed by atoms with Crippen LogP contribution in [-0.2, 0) is 6.42 Å². The number of aromatic nitrogens is 2. The zero-order chi connectivity index (χ0) is 14.4. The number of nitrogens with one attached hydrogen (secondary N) is 1. The summed E-state index contributed by atoms with van der Waals surface area (Å²) in [7, 11) is 1.92. The van der Waals surface area contributed by atoms with Gasteiger partial charge in [0.1, 0.15) is 18.0 Å². The van der Waals surface area contributed by atoms with Gasteiger partial charge in [-0.1, -0.05) is 13.3 Å². The van der Waals surface area contributed by atoms with E-state index >= 15 is 0 Å². The Labute approximate surface area is 121 Å². The van der Waals surface area contributed by atoms with Gasteiger partial charge in [0.25, 0.3) is 0 Å². The maximum atomic E-state index is 9.05. The van der Waals surface area contributed by atoms with Gasteiger partial charge in [0.15, 0.2) is 0 Å². The van der Waals surface area contributed by atoms with Crippen LogP contribution in [0.25, 0.3) is 0 Å². The van der Waals surface area contributed by atoms with Crippen LogP contribution in [0.2, 0.25) is 0 Å². The smallest absolute Gasteiger partial charge is 0.137 e. The number of rotatable bonds is 7. The van der Waals surface area contributed by atoms with Gasteiger partial charge in [-0.05, 0) is 32.1 Å². The van der Waals surface area contributed by atoms with E-state index in [9.17, 15) is 0 Å². The van der Waals surface area contributed by atoms with Crippen molar-refractivity contribution in [1.82, 2.24) is 9.97 Å². The molecule has 2 N–H and O–H groups in total. The molecule has 0 amide bonds. The average molecular weight is 278 g/mol. The van der Waals surface area contributed by atoms with E-state index in [2.05, 4.69) is 27.1 Å². The first-order chi connectivity index (χ1) is 9.81. The first kappa shape index (κ1) is 15.0. The maximum absolute atomic E-state index is 9.05. The lowest BCUT2D eigenvalue weighted by molar-refractivity contribution is 0.279. The summed E-state index contributed by atoms with van der Waals surface area (Å²) in [6.07, 6.45) is 8.06. The van der Waals surface area contributed by atoms with Crippen LogP contribution in [0.3, 0.4) is 0 Å². The quantitative estimate of drug-likeness (QED) is 0.801. The number of aliphatic hydroxyl groups excluding tert-OH is 1. The summed E-state index contributed by atoms with van der Waals surface area (Å²) in [5.41, 5.74) is 1.23. The molecule has 1 aromatic heterocycles. The number of anilines is 2. The molecule has 112 valence electrons. The highest BCUT2D eigenvalue weighted by molar-refractivity contribution is 5.59. The number of hydrogen-bond donors (Lipinski definition) is 2. The highest BCUT2D eigenvalue weighted by Crippen LogP contribution is 2.32. The molecular weight excluding hydrogens is 252 g/mol. The van der Waals surface area contributed by atoms with Crippen LogP contribution in [0.1, 0.15) is 44.6 Å². The van der Waals surface area contributed by atoms with E-state index in [4.69, 9.17) is 5.11 Å². The average Bonchev–Trinajstić information content (AvgIpc) is 2.94. The maximum Gasteiger partial charge on any atom is 0.137 e. The third-order valence-corrected chi connectivity index (χ3v) is 4.00. The molecule has 5 heteroatoms. The summed E-state index contributed by atoms with van der Waals surface area (Å²) >= 11 is 0. The van der Waals surface area contributed by atoms with E-state index in [1.165, 1.54) is 18.4 Å². The molecule has 2 heterocycles. The molecule has 1 unspecified atom stereocenters. The van der Waals surface area contributed by atoms with Gasteiger partial charge in [-0.15, -0.1) is 0 Å². The Kier molecular flexibility index (Phi) is 5.59. The van der Waals surface area contributed by atoms with Crippen LogP contribution >= 0.6 is 0 Å². The summed E-state index contributed by atoms with van der Waals surface area (Å²) in [4.78, 5) is 11.3. The predicted molar refractivity (Wildman–Crippen MR) is 82.3 cm³/mol. The van der Waals surface area contributed by atoms with E-state index in [1.807, 2.05) is 7.05 Å². The molecule has 1 fully saturated rings. The molecule has 1 saturated heterocycles. The first-order valence-corrected chi connectivity index (χ1v) is 7.71. The van der Waals surface area contributed by atoms with Crippen molar-refractivity contribution in [3.63, 3.8) is 0 Å². The van der Waals surface area contributed by atoms with Crippen molar-refractivity contribution < 1.29 is 5.11 Å². The van der Waals surface area contributed by atoms with Gasteiger partial charge in [-0.3, -0.25) is 0 Å². The Hall–Kier alpha value is -1.36. The van der Waals surface area contributed by atoms with Gasteiger partial charge >= 0.3 is 0 Å². The SMILES string of the molecule is CCCc1c(NC)ncnc1N1CCCC1CCCO. The standard InChI is InChI=1S/C15H26N4O/c1-3-6-13-14(16-2)17-11-18-15(13)19-9-4-7-12(19)8-5-10-20/h11-12,20H,3-10H2,1-2H3,(H,16,17,18). The van der Waals surface area contributed by atoms with Crippen LogP contribution in [0, 0.1) is 0 Å². The van der Waals surface area contributed by atoms with E-state index in [1.54, 1.807) is 6.33 Å². The first-order valence-electron chi connectivity index (χ1n) is 7.71. The highest BCUT2D eigenvalue weighted by Gasteiger charge is 2.27. The van der Waals surface area contributed by atoms with Gasteiger partial charge < -0.3 is 15.3 Å². The molecule has 0 bridgehead atoms. The predicted octanol–water partition coefficient (Wildman–Crippen LogP) is 2.21. The Morgan fingerprint density at radius 1 is 1.45 bits per heavy atom. The van der Waals surface area contributed by atoms with Gasteiger partial charge in [-0.25, -0.2) is 9.97 Å². The minimum absolute atomic E-state index is 0.275. The van der Waals surface area contributed by atoms with Crippen molar-refractivity contribution in [3.05, 3.63) is 11.9 Å². The van der Waals surface area contributed by atoms with E-state index in [-0.39, 0.29) is 6.61 Å². The van der Waals surface area contributed by atoms with Crippen LogP contribution in [-0.4, -0.2) is 41.3 Å². The molecule has 0 aromatic carbocycles. The highest BCUT2D eigenvalue weighted by atomic mass is 16.2. The molecule has 0 spiro atoms. The zero-order valence-electron chi connectivity index (χ0n) is 12.6. The fourth-order valence-corrected chi connectivity index (χ4v) is 3.09. The van der Waals surface area contributed by atoms with Crippen molar-refractivity contribution in [1.29, 1.82) is 0 Å². The molecule has 20 heavy (non-hydrogen) atoms. The zero-order valence-corrected chi connectivity index (χ0v) is 12.6. The normalized spacial score (nSPS) is 18.6. The second kappa shape index (κ2) is 7.43. The Morgan fingerprint density at radius 2 is 2.30 bits per heavy atom. The van der Waals surface area contributed by atoms with Gasteiger partial charge in [0.05, 0.1) is 0 Å². The number of nitrogens with zero attached hydrogens (tertiary/aromatic N) is 3. The summed E-state index contributed by atoms with van der Waals surface area (Å²) in [6, 6.07) is 0.511. The summed E-state index contributed by atoms with van der Waals surface area (Å²) in [6.45, 7) is 3.52. The van der Waals surface area contributed by atoms with Crippen molar-refractivity contribution in [2.75, 3.05) is 30.4 Å². The van der Waals surface area contributed by atoms with Gasteiger partial charge in [0, 0.05) is 31.8 Å². The van der Waals surface area contributed by atoms with Crippen molar-refractivity contribution in [2.45, 2.75) is 51.5 Å². The molecule has 0 radical (unpaired) electrons. The second-order valence-corrected chi connectivity index (χ2v) is 5.38. The third kappa shape index (κ3) is 3.20. The topological polar surface area (TPSA) is 61.3 Å². The van der Waals surface area contributed by atoms with Crippen molar-refractivity contribution >= 4 is 11.6 Å². The molecular formula is C15H26N4O. The summed E-state index contributed by atoms with van der Waals surface area (Å²) in [5, 5.41) is 12.2. The van der Waals surface area contributed by atoms with E-state index < -0.39 is 0 Å². The van der Waals surface area contributed by atoms with Crippen LogP contribution in [0.5, 0.6) is 0 Å². The van der Waals surface area contributed by atoms with Crippen molar-refractivity contribution in [2.24, 2.45) is 0 Å². The lowest BCUT2D eigenvalue weighted by atomic mass is 10.1. The minimum atomic E-state index is 0.275. The van der Waals surface area contributed by atoms with Crippen LogP contribution < -0.4 is 10.2 Å². The molecule has 5 nitrogen and oxygen atoms in total. The summed E-state index contributed by atoms with van der Waals surface area (Å²) < 4.78 is 0. The monoisotopic (exact) mass is 278 g/mol. The number of hydrogen-bond acceptors (Lipinski definition) is 5. The lowest BCUT2D eigenvalue weighted by Crippen LogP contribution is -2.31. The molecule has 1 aromatic rings. The van der Waals surface area contributed by atoms with E-state index in [0.29, 0.717) is 6.04 Å². The third-order valence-electron chi connectivity index (χ3n) is 4.00. The molecule has 0 saturated carbocycles. The largest absolute Gasteiger partial charge is 0.396 e. The number of aliphatic hydroxyl groups is 1. The Morgan fingerprint density at radius 3 is 3.00 bits per heavy atom. The van der Waals surface area contributed by atoms with Gasteiger partial charge in [0.2, 0.25) is 0 Å². The van der Waals surface area contributed by atoms with Crippen LogP contribution in [0.4, 0.5) is 11.6 Å². The van der Waals surface area contributed by atoms with Crippen LogP contribution in [0.15, 0.2) is 6.33 Å². The second-order valence-electron chi connectivity index (χ2n) is 5.38.